The molecule has 0 heterocycles. The molecule has 2 aliphatic rings. The summed E-state index contributed by atoms with van der Waals surface area (Å²) < 4.78 is 30.9. The molecular formula is C16H29NO4S. The summed E-state index contributed by atoms with van der Waals surface area (Å²) in [4.78, 5) is 14.6. The van der Waals surface area contributed by atoms with Crippen LogP contribution in [0.25, 0.3) is 0 Å². The Kier molecular flexibility index (Phi) is 4.93. The van der Waals surface area contributed by atoms with E-state index in [1.165, 1.54) is 12.8 Å². The first-order valence-electron chi connectivity index (χ1n) is 8.28. The molecule has 0 bridgehead atoms. The normalized spacial score (nSPS) is 34.9. The summed E-state index contributed by atoms with van der Waals surface area (Å²) in [5, 5.41) is 0. The Morgan fingerprint density at radius 1 is 1.27 bits per heavy atom. The first-order valence-corrected chi connectivity index (χ1v) is 9.89. The van der Waals surface area contributed by atoms with Crippen molar-refractivity contribution >= 4 is 16.0 Å². The third-order valence-corrected chi connectivity index (χ3v) is 6.19. The van der Waals surface area contributed by atoms with Gasteiger partial charge in [0.05, 0.1) is 5.75 Å². The predicted molar refractivity (Wildman–Crippen MR) is 86.0 cm³/mol. The molecule has 0 spiro atoms. The molecule has 1 N–H and O–H groups in total. The van der Waals surface area contributed by atoms with E-state index < -0.39 is 15.9 Å². The predicted octanol–water partition coefficient (Wildman–Crippen LogP) is 2.57. The fourth-order valence-electron chi connectivity index (χ4n) is 4.58. The van der Waals surface area contributed by atoms with Crippen molar-refractivity contribution in [3.63, 3.8) is 0 Å². The molecule has 128 valence electrons. The van der Waals surface area contributed by atoms with Crippen molar-refractivity contribution in [3.8, 4) is 0 Å². The second kappa shape index (κ2) is 6.11. The summed E-state index contributed by atoms with van der Waals surface area (Å²) in [7, 11) is -4.05. The summed E-state index contributed by atoms with van der Waals surface area (Å²) in [6, 6.07) is -0.0644. The Balaban J connectivity index is 2.07. The lowest BCUT2D eigenvalue weighted by atomic mass is 9.83. The highest BCUT2D eigenvalue weighted by Gasteiger charge is 2.51. The first kappa shape index (κ1) is 17.7. The van der Waals surface area contributed by atoms with E-state index in [-0.39, 0.29) is 23.9 Å². The standard InChI is InChI=1S/C16H29NO4S/c1-11(2)17(5-6-22(19,20)21)15(18)16(4)9-13-7-12(3)8-14(13)10-16/h11-14H,5-10H2,1-4H3,(H,19,20,21). The molecule has 6 heteroatoms. The third kappa shape index (κ3) is 3.82. The highest BCUT2D eigenvalue weighted by atomic mass is 32.2. The van der Waals surface area contributed by atoms with Gasteiger partial charge in [-0.25, -0.2) is 0 Å². The van der Waals surface area contributed by atoms with Gasteiger partial charge in [-0.15, -0.1) is 0 Å². The minimum Gasteiger partial charge on any atom is -0.339 e. The number of nitrogens with zero attached hydrogens (tertiary/aromatic N) is 1. The number of carbonyl (C=O) groups excluding carboxylic acids is 1. The lowest BCUT2D eigenvalue weighted by Crippen LogP contribution is -2.47. The molecule has 0 aromatic heterocycles. The molecule has 2 saturated carbocycles. The van der Waals surface area contributed by atoms with E-state index in [4.69, 9.17) is 4.55 Å². The largest absolute Gasteiger partial charge is 0.339 e. The highest BCUT2D eigenvalue weighted by molar-refractivity contribution is 7.85. The maximum Gasteiger partial charge on any atom is 0.266 e. The molecule has 1 amide bonds. The Bertz CT molecular complexity index is 514. The Morgan fingerprint density at radius 2 is 1.77 bits per heavy atom. The van der Waals surface area contributed by atoms with E-state index in [1.54, 1.807) is 4.90 Å². The van der Waals surface area contributed by atoms with Crippen LogP contribution in [0, 0.1) is 23.2 Å². The Morgan fingerprint density at radius 3 is 2.18 bits per heavy atom. The summed E-state index contributed by atoms with van der Waals surface area (Å²) in [5.41, 5.74) is -0.376. The van der Waals surface area contributed by atoms with Crippen LogP contribution < -0.4 is 0 Å². The van der Waals surface area contributed by atoms with E-state index in [0.717, 1.165) is 18.8 Å². The maximum absolute atomic E-state index is 13.0. The van der Waals surface area contributed by atoms with Crippen LogP contribution in [-0.2, 0) is 14.9 Å². The fourth-order valence-corrected chi connectivity index (χ4v) is 5.01. The zero-order valence-electron chi connectivity index (χ0n) is 14.1. The molecule has 2 rings (SSSR count). The molecule has 0 aromatic carbocycles. The number of fused-ring (bicyclic) bond motifs is 1. The monoisotopic (exact) mass is 331 g/mol. The quantitative estimate of drug-likeness (QED) is 0.786. The molecule has 0 aliphatic heterocycles. The fraction of sp³-hybridized carbons (Fsp3) is 0.938. The average molecular weight is 331 g/mol. The van der Waals surface area contributed by atoms with Crippen LogP contribution in [0.1, 0.15) is 53.4 Å². The molecule has 0 aromatic rings. The molecule has 0 saturated heterocycles. The number of carbonyl (C=O) groups is 1. The van der Waals surface area contributed by atoms with Crippen LogP contribution in [0.4, 0.5) is 0 Å². The second-order valence-corrected chi connectivity index (χ2v) is 9.52. The van der Waals surface area contributed by atoms with E-state index in [2.05, 4.69) is 6.92 Å². The SMILES string of the molecule is CC1CC2CC(C)(C(=O)N(CCS(=O)(=O)O)C(C)C)CC2C1. The number of hydrogen-bond acceptors (Lipinski definition) is 3. The van der Waals surface area contributed by atoms with Crippen LogP contribution in [0.3, 0.4) is 0 Å². The van der Waals surface area contributed by atoms with Gasteiger partial charge < -0.3 is 4.90 Å². The third-order valence-electron chi connectivity index (χ3n) is 5.49. The summed E-state index contributed by atoms with van der Waals surface area (Å²) in [6.45, 7) is 8.16. The molecule has 22 heavy (non-hydrogen) atoms. The number of hydrogen-bond donors (Lipinski definition) is 1. The van der Waals surface area contributed by atoms with Gasteiger partial charge in [0.2, 0.25) is 5.91 Å². The lowest BCUT2D eigenvalue weighted by Gasteiger charge is -2.35. The molecule has 5 nitrogen and oxygen atoms in total. The summed E-state index contributed by atoms with van der Waals surface area (Å²) in [6.07, 6.45) is 4.24. The molecule has 2 unspecified atom stereocenters. The summed E-state index contributed by atoms with van der Waals surface area (Å²) >= 11 is 0. The first-order chi connectivity index (χ1) is 10.0. The van der Waals surface area contributed by atoms with Crippen LogP contribution in [-0.4, -0.2) is 42.1 Å². The van der Waals surface area contributed by atoms with Gasteiger partial charge in [-0.2, -0.15) is 8.42 Å². The van der Waals surface area contributed by atoms with Crippen molar-refractivity contribution in [3.05, 3.63) is 0 Å². The van der Waals surface area contributed by atoms with Crippen LogP contribution in [0.5, 0.6) is 0 Å². The van der Waals surface area contributed by atoms with E-state index in [0.29, 0.717) is 11.8 Å². The Labute approximate surface area is 134 Å². The van der Waals surface area contributed by atoms with Crippen molar-refractivity contribution in [2.75, 3.05) is 12.3 Å². The molecule has 2 aliphatic carbocycles. The van der Waals surface area contributed by atoms with Crippen molar-refractivity contribution in [2.45, 2.75) is 59.4 Å². The van der Waals surface area contributed by atoms with Crippen LogP contribution in [0.15, 0.2) is 0 Å². The number of rotatable bonds is 5. The summed E-state index contributed by atoms with van der Waals surface area (Å²) in [5.74, 6) is 1.69. The number of amides is 1. The molecule has 0 radical (unpaired) electrons. The highest BCUT2D eigenvalue weighted by Crippen LogP contribution is 2.55. The van der Waals surface area contributed by atoms with E-state index >= 15 is 0 Å². The zero-order valence-corrected chi connectivity index (χ0v) is 14.9. The topological polar surface area (TPSA) is 74.7 Å². The van der Waals surface area contributed by atoms with Crippen LogP contribution in [0.2, 0.25) is 0 Å². The van der Waals surface area contributed by atoms with Gasteiger partial charge in [0, 0.05) is 18.0 Å². The van der Waals surface area contributed by atoms with Gasteiger partial charge >= 0.3 is 0 Å². The van der Waals surface area contributed by atoms with Gasteiger partial charge in [0.1, 0.15) is 0 Å². The maximum atomic E-state index is 13.0. The van der Waals surface area contributed by atoms with Gasteiger partial charge in [0.15, 0.2) is 0 Å². The van der Waals surface area contributed by atoms with Gasteiger partial charge in [-0.05, 0) is 57.3 Å². The minimum absolute atomic E-state index is 0.0493. The smallest absolute Gasteiger partial charge is 0.266 e. The van der Waals surface area contributed by atoms with Gasteiger partial charge in [-0.1, -0.05) is 13.8 Å². The van der Waals surface area contributed by atoms with Gasteiger partial charge in [0.25, 0.3) is 10.1 Å². The molecular weight excluding hydrogens is 302 g/mol. The van der Waals surface area contributed by atoms with Crippen molar-refractivity contribution in [2.24, 2.45) is 23.2 Å². The van der Waals surface area contributed by atoms with E-state index in [9.17, 15) is 13.2 Å². The van der Waals surface area contributed by atoms with Crippen molar-refractivity contribution in [1.29, 1.82) is 0 Å². The van der Waals surface area contributed by atoms with E-state index in [1.807, 2.05) is 20.8 Å². The minimum atomic E-state index is -4.05. The van der Waals surface area contributed by atoms with Crippen molar-refractivity contribution in [1.82, 2.24) is 4.90 Å². The molecule has 2 atom stereocenters. The second-order valence-electron chi connectivity index (χ2n) is 7.94. The lowest BCUT2D eigenvalue weighted by molar-refractivity contribution is -0.142. The molecule has 2 fully saturated rings. The van der Waals surface area contributed by atoms with Crippen molar-refractivity contribution < 1.29 is 17.8 Å². The zero-order chi connectivity index (χ0) is 16.7. The average Bonchev–Trinajstić information content (AvgIpc) is 2.80. The van der Waals surface area contributed by atoms with Gasteiger partial charge in [-0.3, -0.25) is 9.35 Å². The Hall–Kier alpha value is -0.620. The van der Waals surface area contributed by atoms with Crippen LogP contribution >= 0.6 is 0 Å².